The molecule has 0 saturated heterocycles. The number of nitrogens with zero attached hydrogens (tertiary/aromatic N) is 1. The third kappa shape index (κ3) is 4.88. The summed E-state index contributed by atoms with van der Waals surface area (Å²) in [5, 5.41) is 6.13. The van der Waals surface area contributed by atoms with E-state index in [2.05, 4.69) is 10.6 Å². The molecule has 1 heterocycles. The van der Waals surface area contributed by atoms with Crippen molar-refractivity contribution in [3.8, 4) is 0 Å². The number of halogens is 3. The predicted molar refractivity (Wildman–Crippen MR) is 131 cm³/mol. The van der Waals surface area contributed by atoms with Crippen LogP contribution in [0.5, 0.6) is 0 Å². The molecule has 9 heteroatoms. The number of benzene rings is 3. The summed E-state index contributed by atoms with van der Waals surface area (Å²) < 4.78 is 0. The molecule has 6 nitrogen and oxygen atoms in total. The van der Waals surface area contributed by atoms with Crippen LogP contribution in [0, 0.1) is 6.92 Å². The number of imide groups is 1. The van der Waals surface area contributed by atoms with Crippen molar-refractivity contribution in [1.82, 2.24) is 0 Å². The Morgan fingerprint density at radius 3 is 2.15 bits per heavy atom. The summed E-state index contributed by atoms with van der Waals surface area (Å²) in [6.45, 7) is 1.90. The highest BCUT2D eigenvalue weighted by atomic mass is 35.5. The Morgan fingerprint density at radius 1 is 0.818 bits per heavy atom. The molecule has 1 aliphatic rings. The Labute approximate surface area is 204 Å². The lowest BCUT2D eigenvalue weighted by molar-refractivity contribution is -0.120. The molecule has 166 valence electrons. The van der Waals surface area contributed by atoms with Crippen molar-refractivity contribution >= 4 is 69.6 Å². The molecule has 3 aromatic carbocycles. The molecular weight excluding hydrogens is 485 g/mol. The third-order valence-corrected chi connectivity index (χ3v) is 5.62. The molecule has 0 radical (unpaired) electrons. The van der Waals surface area contributed by atoms with Crippen LogP contribution in [0.4, 0.5) is 17.1 Å². The van der Waals surface area contributed by atoms with Crippen molar-refractivity contribution in [2.75, 3.05) is 15.5 Å². The topological polar surface area (TPSA) is 78.5 Å². The Hall–Kier alpha value is -3.32. The molecule has 0 bridgehead atoms. The van der Waals surface area contributed by atoms with Gasteiger partial charge < -0.3 is 10.6 Å². The van der Waals surface area contributed by atoms with Crippen molar-refractivity contribution in [3.63, 3.8) is 0 Å². The van der Waals surface area contributed by atoms with E-state index in [4.69, 9.17) is 34.8 Å². The van der Waals surface area contributed by atoms with E-state index < -0.39 is 17.7 Å². The molecule has 0 saturated carbocycles. The largest absolute Gasteiger partial charge is 0.350 e. The van der Waals surface area contributed by atoms with E-state index >= 15 is 0 Å². The highest BCUT2D eigenvalue weighted by molar-refractivity contribution is 6.53. The first-order valence-corrected chi connectivity index (χ1v) is 10.9. The van der Waals surface area contributed by atoms with Crippen LogP contribution < -0.4 is 15.5 Å². The Balaban J connectivity index is 1.54. The van der Waals surface area contributed by atoms with Crippen LogP contribution in [0.1, 0.15) is 15.9 Å². The number of carbonyl (C=O) groups excluding carboxylic acids is 3. The molecule has 1 aliphatic heterocycles. The summed E-state index contributed by atoms with van der Waals surface area (Å²) in [5.41, 5.74) is 2.49. The van der Waals surface area contributed by atoms with Gasteiger partial charge in [-0.2, -0.15) is 0 Å². The first kappa shape index (κ1) is 22.9. The van der Waals surface area contributed by atoms with Crippen molar-refractivity contribution in [2.45, 2.75) is 6.92 Å². The standard InChI is InChI=1S/C24H16Cl3N3O3/c1-13-5-7-19(8-6-13)30-23(32)20(27)21(24(30)33)28-17-4-2-3-14(9-17)22(31)29-18-11-15(25)10-16(26)12-18/h2-12,28H,1H3,(H,29,31). The van der Waals surface area contributed by atoms with E-state index in [-0.39, 0.29) is 10.7 Å². The van der Waals surface area contributed by atoms with Gasteiger partial charge in [0, 0.05) is 27.0 Å². The second-order valence-corrected chi connectivity index (χ2v) is 8.54. The van der Waals surface area contributed by atoms with Crippen molar-refractivity contribution in [3.05, 3.63) is 98.6 Å². The molecule has 0 atom stereocenters. The molecule has 2 N–H and O–H groups in total. The maximum Gasteiger partial charge on any atom is 0.283 e. The maximum absolute atomic E-state index is 12.9. The molecule has 0 aromatic heterocycles. The quantitative estimate of drug-likeness (QED) is 0.422. The van der Waals surface area contributed by atoms with Crippen LogP contribution in [-0.2, 0) is 9.59 Å². The molecule has 4 rings (SSSR count). The SMILES string of the molecule is Cc1ccc(N2C(=O)C(Cl)=C(Nc3cccc(C(=O)Nc4cc(Cl)cc(Cl)c4)c3)C2=O)cc1. The Bertz CT molecular complexity index is 1300. The van der Waals surface area contributed by atoms with Crippen LogP contribution in [-0.4, -0.2) is 17.7 Å². The van der Waals surface area contributed by atoms with Gasteiger partial charge in [-0.1, -0.05) is 58.6 Å². The van der Waals surface area contributed by atoms with E-state index in [1.165, 1.54) is 6.07 Å². The van der Waals surface area contributed by atoms with Crippen molar-refractivity contribution in [2.24, 2.45) is 0 Å². The highest BCUT2D eigenvalue weighted by Crippen LogP contribution is 2.30. The van der Waals surface area contributed by atoms with Gasteiger partial charge in [-0.05, 0) is 55.5 Å². The maximum atomic E-state index is 12.9. The van der Waals surface area contributed by atoms with Crippen LogP contribution >= 0.6 is 34.8 Å². The summed E-state index contributed by atoms with van der Waals surface area (Å²) in [6.07, 6.45) is 0. The number of hydrogen-bond acceptors (Lipinski definition) is 4. The van der Waals surface area contributed by atoms with Crippen molar-refractivity contribution in [1.29, 1.82) is 0 Å². The number of hydrogen-bond donors (Lipinski definition) is 2. The lowest BCUT2D eigenvalue weighted by Gasteiger charge is -2.15. The summed E-state index contributed by atoms with van der Waals surface area (Å²) in [4.78, 5) is 39.2. The van der Waals surface area contributed by atoms with E-state index in [0.29, 0.717) is 32.7 Å². The Morgan fingerprint density at radius 2 is 1.48 bits per heavy atom. The summed E-state index contributed by atoms with van der Waals surface area (Å²) >= 11 is 18.1. The van der Waals surface area contributed by atoms with Gasteiger partial charge in [0.1, 0.15) is 10.7 Å². The summed E-state index contributed by atoms with van der Waals surface area (Å²) in [6, 6.07) is 18.0. The van der Waals surface area contributed by atoms with Crippen molar-refractivity contribution < 1.29 is 14.4 Å². The minimum Gasteiger partial charge on any atom is -0.350 e. The molecule has 0 unspecified atom stereocenters. The zero-order valence-electron chi connectivity index (χ0n) is 17.2. The zero-order chi connectivity index (χ0) is 23.7. The van der Waals surface area contributed by atoms with Gasteiger partial charge in [-0.15, -0.1) is 0 Å². The molecule has 3 amide bonds. The number of aryl methyl sites for hydroxylation is 1. The molecule has 3 aromatic rings. The van der Waals surface area contributed by atoms with E-state index in [9.17, 15) is 14.4 Å². The second kappa shape index (κ2) is 9.27. The molecule has 0 fully saturated rings. The number of carbonyl (C=O) groups is 3. The number of anilines is 3. The van der Waals surface area contributed by atoms with Gasteiger partial charge in [-0.25, -0.2) is 4.90 Å². The van der Waals surface area contributed by atoms with Gasteiger partial charge in [0.15, 0.2) is 0 Å². The highest BCUT2D eigenvalue weighted by Gasteiger charge is 2.38. The van der Waals surface area contributed by atoms with Gasteiger partial charge >= 0.3 is 0 Å². The lowest BCUT2D eigenvalue weighted by Crippen LogP contribution is -2.32. The van der Waals surface area contributed by atoms with Gasteiger partial charge in [0.05, 0.1) is 5.69 Å². The fraction of sp³-hybridized carbons (Fsp3) is 0.0417. The average molecular weight is 501 g/mol. The van der Waals surface area contributed by atoms with Crippen LogP contribution in [0.3, 0.4) is 0 Å². The van der Waals surface area contributed by atoms with Crippen LogP contribution in [0.2, 0.25) is 10.0 Å². The minimum absolute atomic E-state index is 0.0681. The monoisotopic (exact) mass is 499 g/mol. The smallest absolute Gasteiger partial charge is 0.283 e. The zero-order valence-corrected chi connectivity index (χ0v) is 19.4. The van der Waals surface area contributed by atoms with Crippen LogP contribution in [0.15, 0.2) is 77.5 Å². The van der Waals surface area contributed by atoms with Crippen LogP contribution in [0.25, 0.3) is 0 Å². The third-order valence-electron chi connectivity index (χ3n) is 4.83. The van der Waals surface area contributed by atoms with E-state index in [1.807, 2.05) is 6.92 Å². The Kier molecular flexibility index (Phi) is 6.42. The lowest BCUT2D eigenvalue weighted by atomic mass is 10.1. The fourth-order valence-corrected chi connectivity index (χ4v) is 3.99. The molecule has 0 aliphatic carbocycles. The van der Waals surface area contributed by atoms with E-state index in [0.717, 1.165) is 10.5 Å². The van der Waals surface area contributed by atoms with Gasteiger partial charge in [0.25, 0.3) is 17.7 Å². The normalized spacial score (nSPS) is 13.5. The first-order valence-electron chi connectivity index (χ1n) is 9.72. The fourth-order valence-electron chi connectivity index (χ4n) is 3.25. The molecule has 33 heavy (non-hydrogen) atoms. The second-order valence-electron chi connectivity index (χ2n) is 7.29. The van der Waals surface area contributed by atoms with Gasteiger partial charge in [-0.3, -0.25) is 14.4 Å². The molecular formula is C24H16Cl3N3O3. The molecule has 0 spiro atoms. The first-order chi connectivity index (χ1) is 15.7. The van der Waals surface area contributed by atoms with Gasteiger partial charge in [0.2, 0.25) is 0 Å². The average Bonchev–Trinajstić information content (AvgIpc) is 2.97. The summed E-state index contributed by atoms with van der Waals surface area (Å²) in [7, 11) is 0. The number of amides is 3. The number of rotatable bonds is 5. The van der Waals surface area contributed by atoms with E-state index in [1.54, 1.807) is 60.7 Å². The predicted octanol–water partition coefficient (Wildman–Crippen LogP) is 5.99. The summed E-state index contributed by atoms with van der Waals surface area (Å²) in [5.74, 6) is -1.62. The number of nitrogens with one attached hydrogen (secondary N) is 2. The minimum atomic E-state index is -0.625.